The number of aromatic nitrogens is 2. The summed E-state index contributed by atoms with van der Waals surface area (Å²) in [4.78, 5) is 30.2. The minimum Gasteiger partial charge on any atom is -0.481 e. The number of carboxylic acid groups (broad SMARTS) is 1. The average Bonchev–Trinajstić information content (AvgIpc) is 2.99. The Labute approximate surface area is 189 Å². The fourth-order valence-corrected chi connectivity index (χ4v) is 4.45. The Balaban J connectivity index is 1.98. The molecule has 5 nitrogen and oxygen atoms in total. The van der Waals surface area contributed by atoms with Crippen molar-refractivity contribution in [2.24, 2.45) is 11.3 Å². The molecule has 0 aliphatic heterocycles. The number of rotatable bonds is 8. The lowest BCUT2D eigenvalue weighted by molar-refractivity contribution is -0.146. The second kappa shape index (κ2) is 8.53. The monoisotopic (exact) mass is 432 g/mol. The largest absolute Gasteiger partial charge is 0.481 e. The van der Waals surface area contributed by atoms with E-state index in [1.807, 2.05) is 18.2 Å². The highest BCUT2D eigenvalue weighted by Crippen LogP contribution is 2.38. The molecule has 0 amide bonds. The molecule has 3 aromatic rings. The van der Waals surface area contributed by atoms with Crippen LogP contribution in [0.2, 0.25) is 0 Å². The third-order valence-corrected chi connectivity index (χ3v) is 6.82. The molecule has 32 heavy (non-hydrogen) atoms. The number of carbonyl (C=O) groups excluding carboxylic acids is 1. The third-order valence-electron chi connectivity index (χ3n) is 6.82. The van der Waals surface area contributed by atoms with Gasteiger partial charge in [0.05, 0.1) is 17.7 Å². The van der Waals surface area contributed by atoms with Crippen LogP contribution in [0.3, 0.4) is 0 Å². The summed E-state index contributed by atoms with van der Waals surface area (Å²) in [6.45, 7) is 8.26. The molecule has 1 aliphatic carbocycles. The van der Waals surface area contributed by atoms with E-state index in [0.29, 0.717) is 12.5 Å². The highest BCUT2D eigenvalue weighted by Gasteiger charge is 2.36. The van der Waals surface area contributed by atoms with E-state index in [-0.39, 0.29) is 18.1 Å². The van der Waals surface area contributed by atoms with Crippen LogP contribution in [0.4, 0.5) is 0 Å². The van der Waals surface area contributed by atoms with Gasteiger partial charge < -0.3 is 9.67 Å². The predicted octanol–water partition coefficient (Wildman–Crippen LogP) is 5.84. The number of Topliss-reactive ketones (excluding diaryl/α,β-unsaturated/α-hetero) is 1. The maximum atomic E-state index is 13.7. The molecule has 0 spiro atoms. The average molecular weight is 433 g/mol. The minimum absolute atomic E-state index is 0.0401. The van der Waals surface area contributed by atoms with E-state index in [2.05, 4.69) is 41.6 Å². The fraction of sp³-hybridized carbons (Fsp3) is 0.444. The molecule has 168 valence electrons. The van der Waals surface area contributed by atoms with E-state index >= 15 is 0 Å². The fourth-order valence-electron chi connectivity index (χ4n) is 4.45. The Morgan fingerprint density at radius 2 is 1.94 bits per heavy atom. The first-order chi connectivity index (χ1) is 15.2. The summed E-state index contributed by atoms with van der Waals surface area (Å²) in [6.07, 6.45) is 4.96. The molecule has 1 saturated carbocycles. The number of hydrogen-bond acceptors (Lipinski definition) is 3. The van der Waals surface area contributed by atoms with Gasteiger partial charge in [-0.1, -0.05) is 32.4 Å². The zero-order valence-electron chi connectivity index (χ0n) is 19.4. The molecule has 1 aromatic carbocycles. The summed E-state index contributed by atoms with van der Waals surface area (Å²) >= 11 is 0. The van der Waals surface area contributed by atoms with Gasteiger partial charge in [-0.25, -0.2) is 0 Å². The normalized spacial score (nSPS) is 14.7. The van der Waals surface area contributed by atoms with Crippen molar-refractivity contribution in [3.63, 3.8) is 0 Å². The van der Waals surface area contributed by atoms with E-state index in [1.54, 1.807) is 20.0 Å². The van der Waals surface area contributed by atoms with Crippen molar-refractivity contribution in [2.45, 2.75) is 65.8 Å². The van der Waals surface area contributed by atoms with Gasteiger partial charge in [-0.05, 0) is 62.4 Å². The first kappa shape index (κ1) is 22.3. The Morgan fingerprint density at radius 1 is 1.19 bits per heavy atom. The molecular formula is C27H32N2O3. The van der Waals surface area contributed by atoms with Crippen molar-refractivity contribution in [3.05, 3.63) is 65.1 Å². The zero-order valence-corrected chi connectivity index (χ0v) is 19.4. The number of pyridine rings is 1. The van der Waals surface area contributed by atoms with E-state index in [4.69, 9.17) is 0 Å². The van der Waals surface area contributed by atoms with Crippen LogP contribution >= 0.6 is 0 Å². The van der Waals surface area contributed by atoms with Crippen LogP contribution in [-0.4, -0.2) is 26.4 Å². The van der Waals surface area contributed by atoms with E-state index in [0.717, 1.165) is 47.1 Å². The number of fused-ring (bicyclic) bond motifs is 1. The summed E-state index contributed by atoms with van der Waals surface area (Å²) in [5.74, 6) is -0.322. The molecule has 0 atom stereocenters. The van der Waals surface area contributed by atoms with Crippen LogP contribution in [-0.2, 0) is 17.8 Å². The van der Waals surface area contributed by atoms with Gasteiger partial charge in [0.15, 0.2) is 5.78 Å². The van der Waals surface area contributed by atoms with Crippen LogP contribution in [0, 0.1) is 11.3 Å². The van der Waals surface area contributed by atoms with Crippen molar-refractivity contribution in [2.75, 3.05) is 0 Å². The second-order valence-electron chi connectivity index (χ2n) is 10.0. The number of carboxylic acids is 1. The van der Waals surface area contributed by atoms with Gasteiger partial charge in [-0.2, -0.15) is 0 Å². The van der Waals surface area contributed by atoms with Crippen LogP contribution < -0.4 is 0 Å². The molecule has 1 N–H and O–H groups in total. The van der Waals surface area contributed by atoms with Gasteiger partial charge in [0.1, 0.15) is 0 Å². The predicted molar refractivity (Wildman–Crippen MR) is 126 cm³/mol. The molecule has 0 radical (unpaired) electrons. The van der Waals surface area contributed by atoms with Crippen LogP contribution in [0.5, 0.6) is 0 Å². The third kappa shape index (κ3) is 4.08. The summed E-state index contributed by atoms with van der Waals surface area (Å²) in [5, 5.41) is 10.8. The van der Waals surface area contributed by atoms with Crippen molar-refractivity contribution in [1.82, 2.24) is 9.55 Å². The van der Waals surface area contributed by atoms with Crippen molar-refractivity contribution in [1.29, 1.82) is 0 Å². The maximum Gasteiger partial charge on any atom is 0.309 e. The van der Waals surface area contributed by atoms with Gasteiger partial charge in [0, 0.05) is 40.7 Å². The van der Waals surface area contributed by atoms with Crippen molar-refractivity contribution >= 4 is 22.7 Å². The van der Waals surface area contributed by atoms with Crippen molar-refractivity contribution in [3.8, 4) is 0 Å². The lowest BCUT2D eigenvalue weighted by Crippen LogP contribution is -2.29. The first-order valence-corrected chi connectivity index (χ1v) is 11.5. The molecule has 5 heteroatoms. The number of benzene rings is 1. The summed E-state index contributed by atoms with van der Waals surface area (Å²) in [6, 6.07) is 12.1. The highest BCUT2D eigenvalue weighted by molar-refractivity contribution is 6.11. The van der Waals surface area contributed by atoms with E-state index in [9.17, 15) is 14.7 Å². The summed E-state index contributed by atoms with van der Waals surface area (Å²) in [7, 11) is 0. The first-order valence-electron chi connectivity index (χ1n) is 11.5. The summed E-state index contributed by atoms with van der Waals surface area (Å²) < 4.78 is 2.12. The maximum absolute atomic E-state index is 13.7. The molecule has 2 heterocycles. The Kier molecular flexibility index (Phi) is 5.93. The second-order valence-corrected chi connectivity index (χ2v) is 10.0. The molecular weight excluding hydrogens is 400 g/mol. The standard InChI is InChI=1S/C27H32N2O3/c1-17(2)19-11-12-22-21(14-19)24(25(30)18-8-7-9-18)23(15-27(3,4)26(31)32)29(22)16-20-10-5-6-13-28-20/h5-6,10-14,17-18H,7-9,15-16H2,1-4H3,(H,31,32). The van der Waals surface area contributed by atoms with Crippen LogP contribution in [0.15, 0.2) is 42.6 Å². The van der Waals surface area contributed by atoms with Crippen molar-refractivity contribution < 1.29 is 14.7 Å². The van der Waals surface area contributed by atoms with Gasteiger partial charge in [-0.15, -0.1) is 0 Å². The topological polar surface area (TPSA) is 72.2 Å². The van der Waals surface area contributed by atoms with Gasteiger partial charge >= 0.3 is 5.97 Å². The number of aliphatic carboxylic acids is 1. The zero-order chi connectivity index (χ0) is 23.0. The molecule has 0 saturated heterocycles. The number of hydrogen-bond donors (Lipinski definition) is 1. The van der Waals surface area contributed by atoms with Crippen LogP contribution in [0.1, 0.15) is 80.2 Å². The SMILES string of the molecule is CC(C)c1ccc2c(c1)c(C(=O)C1CCC1)c(CC(C)(C)C(=O)O)n2Cc1ccccn1. The Morgan fingerprint density at radius 3 is 2.50 bits per heavy atom. The smallest absolute Gasteiger partial charge is 0.309 e. The molecule has 4 rings (SSSR count). The summed E-state index contributed by atoms with van der Waals surface area (Å²) in [5.41, 5.74) is 3.58. The molecule has 2 aromatic heterocycles. The van der Waals surface area contributed by atoms with E-state index < -0.39 is 11.4 Å². The Bertz CT molecular complexity index is 1150. The lowest BCUT2D eigenvalue weighted by atomic mass is 9.78. The number of carbonyl (C=O) groups is 2. The Hall–Kier alpha value is -2.95. The van der Waals surface area contributed by atoms with Gasteiger partial charge in [-0.3, -0.25) is 14.6 Å². The highest BCUT2D eigenvalue weighted by atomic mass is 16.4. The molecule has 0 bridgehead atoms. The molecule has 1 fully saturated rings. The van der Waals surface area contributed by atoms with E-state index in [1.165, 1.54) is 5.56 Å². The van der Waals surface area contributed by atoms with Crippen LogP contribution in [0.25, 0.3) is 10.9 Å². The minimum atomic E-state index is -0.994. The number of ketones is 1. The molecule has 1 aliphatic rings. The quantitative estimate of drug-likeness (QED) is 0.454. The lowest BCUT2D eigenvalue weighted by Gasteiger charge is -2.26. The molecule has 0 unspecified atom stereocenters. The number of nitrogens with zero attached hydrogens (tertiary/aromatic N) is 2. The van der Waals surface area contributed by atoms with Gasteiger partial charge in [0.2, 0.25) is 0 Å². The van der Waals surface area contributed by atoms with Gasteiger partial charge in [0.25, 0.3) is 0 Å².